The highest BCUT2D eigenvalue weighted by molar-refractivity contribution is 5.59. The van der Waals surface area contributed by atoms with Crippen molar-refractivity contribution in [1.82, 2.24) is 9.97 Å². The Bertz CT molecular complexity index is 823. The molecule has 0 saturated carbocycles. The number of aromatic nitrogens is 2. The minimum atomic E-state index is 0.00492. The van der Waals surface area contributed by atoms with Gasteiger partial charge in [0.2, 0.25) is 5.95 Å². The molecule has 0 atom stereocenters. The van der Waals surface area contributed by atoms with Gasteiger partial charge < -0.3 is 14.5 Å². The van der Waals surface area contributed by atoms with Crippen LogP contribution >= 0.6 is 0 Å². The average Bonchev–Trinajstić information content (AvgIpc) is 2.67. The second-order valence-electron chi connectivity index (χ2n) is 7.53. The first-order valence-corrected chi connectivity index (χ1v) is 9.72. The molecule has 6 nitrogen and oxygen atoms in total. The lowest BCUT2D eigenvalue weighted by Gasteiger charge is -2.37. The van der Waals surface area contributed by atoms with E-state index in [0.29, 0.717) is 11.9 Å². The number of H-pyrrole nitrogens is 1. The normalized spacial score (nSPS) is 14.7. The van der Waals surface area contributed by atoms with Crippen LogP contribution in [0.2, 0.25) is 0 Å². The third-order valence-electron chi connectivity index (χ3n) is 5.19. The molecule has 1 N–H and O–H groups in total. The Kier molecular flexibility index (Phi) is 6.04. The van der Waals surface area contributed by atoms with Crippen molar-refractivity contribution >= 4 is 11.6 Å². The number of aryl methyl sites for hydroxylation is 1. The van der Waals surface area contributed by atoms with Gasteiger partial charge in [0.05, 0.1) is 12.8 Å². The molecule has 146 valence electrons. The van der Waals surface area contributed by atoms with Gasteiger partial charge in [-0.15, -0.1) is 0 Å². The zero-order valence-electron chi connectivity index (χ0n) is 16.8. The van der Waals surface area contributed by atoms with E-state index in [2.05, 4.69) is 34.7 Å². The van der Waals surface area contributed by atoms with Crippen LogP contribution in [0.25, 0.3) is 0 Å². The summed E-state index contributed by atoms with van der Waals surface area (Å²) in [6, 6.07) is 8.08. The predicted octanol–water partition coefficient (Wildman–Crippen LogP) is 3.00. The number of rotatable bonds is 6. The van der Waals surface area contributed by atoms with E-state index < -0.39 is 0 Å². The summed E-state index contributed by atoms with van der Waals surface area (Å²) in [4.78, 5) is 24.7. The van der Waals surface area contributed by atoms with Crippen LogP contribution in [0.5, 0.6) is 5.75 Å². The van der Waals surface area contributed by atoms with Crippen molar-refractivity contribution in [2.75, 3.05) is 43.1 Å². The van der Waals surface area contributed by atoms with Crippen LogP contribution in [-0.4, -0.2) is 43.3 Å². The SMILES string of the molecule is COc1ccccc1N1CCN(c2nc(C)c(CCC(C)C)c(=O)[nH]2)CC1. The first-order valence-electron chi connectivity index (χ1n) is 9.72. The van der Waals surface area contributed by atoms with Crippen molar-refractivity contribution in [2.24, 2.45) is 5.92 Å². The maximum absolute atomic E-state index is 12.5. The lowest BCUT2D eigenvalue weighted by atomic mass is 10.0. The molecule has 0 bridgehead atoms. The second kappa shape index (κ2) is 8.46. The Morgan fingerprint density at radius 1 is 1.15 bits per heavy atom. The van der Waals surface area contributed by atoms with E-state index in [1.54, 1.807) is 7.11 Å². The number of hydrogen-bond acceptors (Lipinski definition) is 5. The maximum atomic E-state index is 12.5. The monoisotopic (exact) mass is 370 g/mol. The van der Waals surface area contributed by atoms with Crippen LogP contribution in [0, 0.1) is 12.8 Å². The molecule has 0 spiro atoms. The number of methoxy groups -OCH3 is 1. The summed E-state index contributed by atoms with van der Waals surface area (Å²) in [6.45, 7) is 9.63. The summed E-state index contributed by atoms with van der Waals surface area (Å²) in [6.07, 6.45) is 1.79. The van der Waals surface area contributed by atoms with Crippen molar-refractivity contribution in [3.63, 3.8) is 0 Å². The number of hydrogen-bond donors (Lipinski definition) is 1. The molecule has 1 saturated heterocycles. The summed E-state index contributed by atoms with van der Waals surface area (Å²) in [5, 5.41) is 0. The van der Waals surface area contributed by atoms with Gasteiger partial charge in [0.25, 0.3) is 5.56 Å². The van der Waals surface area contributed by atoms with E-state index in [0.717, 1.165) is 61.7 Å². The summed E-state index contributed by atoms with van der Waals surface area (Å²) < 4.78 is 5.48. The van der Waals surface area contributed by atoms with E-state index in [1.165, 1.54) is 0 Å². The molecule has 1 aromatic heterocycles. The smallest absolute Gasteiger partial charge is 0.255 e. The molecule has 1 aliphatic heterocycles. The molecule has 0 aliphatic carbocycles. The molecule has 6 heteroatoms. The lowest BCUT2D eigenvalue weighted by Crippen LogP contribution is -2.47. The van der Waals surface area contributed by atoms with Crippen molar-refractivity contribution in [2.45, 2.75) is 33.6 Å². The summed E-state index contributed by atoms with van der Waals surface area (Å²) in [5.41, 5.74) is 2.79. The van der Waals surface area contributed by atoms with Gasteiger partial charge in [-0.1, -0.05) is 26.0 Å². The van der Waals surface area contributed by atoms with E-state index in [1.807, 2.05) is 25.1 Å². The summed E-state index contributed by atoms with van der Waals surface area (Å²) in [7, 11) is 1.70. The molecule has 0 unspecified atom stereocenters. The van der Waals surface area contributed by atoms with Crippen LogP contribution < -0.4 is 20.1 Å². The third kappa shape index (κ3) is 4.43. The predicted molar refractivity (Wildman–Crippen MR) is 110 cm³/mol. The number of para-hydroxylation sites is 2. The molecule has 0 radical (unpaired) electrons. The Hall–Kier alpha value is -2.50. The number of nitrogens with zero attached hydrogens (tertiary/aromatic N) is 3. The van der Waals surface area contributed by atoms with Crippen molar-refractivity contribution in [3.05, 3.63) is 45.9 Å². The van der Waals surface area contributed by atoms with Crippen LogP contribution in [0.3, 0.4) is 0 Å². The fourth-order valence-electron chi connectivity index (χ4n) is 3.52. The van der Waals surface area contributed by atoms with E-state index in [9.17, 15) is 4.79 Å². The third-order valence-corrected chi connectivity index (χ3v) is 5.19. The number of benzene rings is 1. The Morgan fingerprint density at radius 3 is 2.44 bits per heavy atom. The highest BCUT2D eigenvalue weighted by Crippen LogP contribution is 2.28. The molecular formula is C21H30N4O2. The largest absolute Gasteiger partial charge is 0.495 e. The van der Waals surface area contributed by atoms with E-state index in [4.69, 9.17) is 9.72 Å². The van der Waals surface area contributed by atoms with E-state index in [-0.39, 0.29) is 5.56 Å². The van der Waals surface area contributed by atoms with Gasteiger partial charge in [-0.25, -0.2) is 4.98 Å². The van der Waals surface area contributed by atoms with Crippen molar-refractivity contribution in [3.8, 4) is 5.75 Å². The Labute approximate surface area is 161 Å². The molecule has 2 heterocycles. The van der Waals surface area contributed by atoms with Crippen LogP contribution in [0.4, 0.5) is 11.6 Å². The number of aromatic amines is 1. The summed E-state index contributed by atoms with van der Waals surface area (Å²) >= 11 is 0. The fraction of sp³-hybridized carbons (Fsp3) is 0.524. The average molecular weight is 370 g/mol. The highest BCUT2D eigenvalue weighted by atomic mass is 16.5. The van der Waals surface area contributed by atoms with Gasteiger partial charge in [0.15, 0.2) is 0 Å². The molecule has 27 heavy (non-hydrogen) atoms. The van der Waals surface area contributed by atoms with E-state index >= 15 is 0 Å². The highest BCUT2D eigenvalue weighted by Gasteiger charge is 2.22. The van der Waals surface area contributed by atoms with Crippen molar-refractivity contribution < 1.29 is 4.74 Å². The lowest BCUT2D eigenvalue weighted by molar-refractivity contribution is 0.413. The first kappa shape index (κ1) is 19.3. The topological polar surface area (TPSA) is 61.5 Å². The van der Waals surface area contributed by atoms with Gasteiger partial charge in [-0.05, 0) is 37.8 Å². The number of nitrogens with one attached hydrogen (secondary N) is 1. The van der Waals surface area contributed by atoms with Gasteiger partial charge >= 0.3 is 0 Å². The number of ether oxygens (including phenoxy) is 1. The van der Waals surface area contributed by atoms with Crippen LogP contribution in [0.1, 0.15) is 31.5 Å². The maximum Gasteiger partial charge on any atom is 0.255 e. The minimum absolute atomic E-state index is 0.00492. The second-order valence-corrected chi connectivity index (χ2v) is 7.53. The minimum Gasteiger partial charge on any atom is -0.495 e. The molecule has 1 aromatic carbocycles. The molecular weight excluding hydrogens is 340 g/mol. The Balaban J connectivity index is 1.70. The van der Waals surface area contributed by atoms with Crippen LogP contribution in [-0.2, 0) is 6.42 Å². The number of piperazine rings is 1. The molecule has 1 fully saturated rings. The standard InChI is InChI=1S/C21H30N4O2/c1-15(2)9-10-17-16(3)22-21(23-20(17)26)25-13-11-24(12-14-25)18-7-5-6-8-19(18)27-4/h5-8,15H,9-14H2,1-4H3,(H,22,23,26). The summed E-state index contributed by atoms with van der Waals surface area (Å²) in [5.74, 6) is 2.15. The van der Waals surface area contributed by atoms with Gasteiger partial charge in [0, 0.05) is 37.4 Å². The first-order chi connectivity index (χ1) is 13.0. The Morgan fingerprint density at radius 2 is 1.81 bits per heavy atom. The zero-order valence-corrected chi connectivity index (χ0v) is 16.8. The quantitative estimate of drug-likeness (QED) is 0.847. The van der Waals surface area contributed by atoms with Gasteiger partial charge in [-0.2, -0.15) is 0 Å². The molecule has 0 amide bonds. The zero-order chi connectivity index (χ0) is 19.4. The van der Waals surface area contributed by atoms with Crippen molar-refractivity contribution in [1.29, 1.82) is 0 Å². The molecule has 2 aromatic rings. The fourth-order valence-corrected chi connectivity index (χ4v) is 3.52. The van der Waals surface area contributed by atoms with Gasteiger partial charge in [0.1, 0.15) is 5.75 Å². The van der Waals surface area contributed by atoms with Crippen LogP contribution in [0.15, 0.2) is 29.1 Å². The number of anilines is 2. The molecule has 1 aliphatic rings. The van der Waals surface area contributed by atoms with Gasteiger partial charge in [-0.3, -0.25) is 9.78 Å². The molecule has 3 rings (SSSR count).